The molecule has 1 aromatic rings. The van der Waals surface area contributed by atoms with Crippen molar-refractivity contribution in [2.45, 2.75) is 17.6 Å². The Hall–Kier alpha value is -1.29. The van der Waals surface area contributed by atoms with E-state index in [1.165, 1.54) is 0 Å². The first-order valence-corrected chi connectivity index (χ1v) is 8.06. The molecule has 4 N–H and O–H groups in total. The molecule has 2 rings (SSSR count). The van der Waals surface area contributed by atoms with Gasteiger partial charge in [-0.2, -0.15) is 4.98 Å². The molecule has 0 aromatic carbocycles. The molecule has 0 spiro atoms. The van der Waals surface area contributed by atoms with Crippen LogP contribution in [0, 0.1) is 0 Å². The highest BCUT2D eigenvalue weighted by Crippen LogP contribution is 2.14. The fraction of sp³-hybridized carbons (Fsp3) is 0.625. The van der Waals surface area contributed by atoms with Gasteiger partial charge in [-0.3, -0.25) is 4.79 Å². The number of aromatic nitrogens is 3. The monoisotopic (exact) mass is 291 g/mol. The first-order valence-electron chi connectivity index (χ1n) is 5.25. The van der Waals surface area contributed by atoms with E-state index in [4.69, 9.17) is 5.73 Å². The van der Waals surface area contributed by atoms with E-state index in [1.807, 2.05) is 0 Å². The smallest absolute Gasteiger partial charge is 0.230 e. The molecule has 100 valence electrons. The molecule has 1 atom stereocenters. The number of rotatable bonds is 4. The van der Waals surface area contributed by atoms with E-state index in [2.05, 4.69) is 20.5 Å². The van der Waals surface area contributed by atoms with Crippen molar-refractivity contribution in [3.8, 4) is 0 Å². The molecule has 1 saturated heterocycles. The summed E-state index contributed by atoms with van der Waals surface area (Å²) in [5.74, 6) is 0.262. The van der Waals surface area contributed by atoms with Crippen LogP contribution >= 0.6 is 11.8 Å². The molecule has 10 heteroatoms. The number of hydrogen-bond donors (Lipinski definition) is 3. The van der Waals surface area contributed by atoms with Crippen LogP contribution in [0.2, 0.25) is 0 Å². The number of nitrogens with one attached hydrogen (secondary N) is 2. The van der Waals surface area contributed by atoms with Gasteiger partial charge in [0.15, 0.2) is 9.84 Å². The molecule has 0 radical (unpaired) electrons. The highest BCUT2D eigenvalue weighted by atomic mass is 32.2. The zero-order chi connectivity index (χ0) is 13.2. The third-order valence-electron chi connectivity index (χ3n) is 2.41. The minimum absolute atomic E-state index is 0.0248. The number of nitrogens with zero attached hydrogens (tertiary/aromatic N) is 2. The van der Waals surface area contributed by atoms with Crippen molar-refractivity contribution in [2.75, 3.05) is 23.0 Å². The Morgan fingerprint density at radius 1 is 1.61 bits per heavy atom. The molecule has 0 unspecified atom stereocenters. The van der Waals surface area contributed by atoms with Crippen LogP contribution in [0.4, 0.5) is 5.95 Å². The van der Waals surface area contributed by atoms with Crippen LogP contribution in [0.3, 0.4) is 0 Å². The summed E-state index contributed by atoms with van der Waals surface area (Å²) in [6.45, 7) is 0. The van der Waals surface area contributed by atoms with Gasteiger partial charge >= 0.3 is 0 Å². The quantitative estimate of drug-likeness (QED) is 0.593. The van der Waals surface area contributed by atoms with Crippen LogP contribution in [0.25, 0.3) is 0 Å². The highest BCUT2D eigenvalue weighted by Gasteiger charge is 2.28. The lowest BCUT2D eigenvalue weighted by Crippen LogP contribution is -2.36. The van der Waals surface area contributed by atoms with Crippen LogP contribution in [0.15, 0.2) is 5.16 Å². The molecule has 8 nitrogen and oxygen atoms in total. The van der Waals surface area contributed by atoms with Crippen molar-refractivity contribution in [3.05, 3.63) is 0 Å². The van der Waals surface area contributed by atoms with Crippen molar-refractivity contribution < 1.29 is 13.2 Å². The van der Waals surface area contributed by atoms with Crippen molar-refractivity contribution in [2.24, 2.45) is 0 Å². The first-order chi connectivity index (χ1) is 8.44. The Labute approximate surface area is 108 Å². The van der Waals surface area contributed by atoms with Gasteiger partial charge in [0.25, 0.3) is 0 Å². The number of sulfone groups is 1. The Morgan fingerprint density at radius 2 is 2.39 bits per heavy atom. The number of hydrogen-bond acceptors (Lipinski definition) is 7. The average molecular weight is 291 g/mol. The van der Waals surface area contributed by atoms with Gasteiger partial charge in [0.2, 0.25) is 17.0 Å². The molecule has 1 fully saturated rings. The van der Waals surface area contributed by atoms with Crippen LogP contribution in [-0.2, 0) is 14.6 Å². The van der Waals surface area contributed by atoms with E-state index in [0.29, 0.717) is 11.6 Å². The summed E-state index contributed by atoms with van der Waals surface area (Å²) >= 11 is 1.14. The second kappa shape index (κ2) is 5.14. The van der Waals surface area contributed by atoms with Crippen molar-refractivity contribution in [3.63, 3.8) is 0 Å². The summed E-state index contributed by atoms with van der Waals surface area (Å²) in [4.78, 5) is 15.4. The highest BCUT2D eigenvalue weighted by molar-refractivity contribution is 7.99. The maximum absolute atomic E-state index is 11.6. The van der Waals surface area contributed by atoms with Gasteiger partial charge in [-0.05, 0) is 6.42 Å². The molecule has 0 aliphatic carbocycles. The van der Waals surface area contributed by atoms with Crippen molar-refractivity contribution in [1.29, 1.82) is 0 Å². The number of carbonyl (C=O) groups is 1. The minimum atomic E-state index is -2.97. The summed E-state index contributed by atoms with van der Waals surface area (Å²) in [6.07, 6.45) is 0.479. The van der Waals surface area contributed by atoms with Crippen molar-refractivity contribution in [1.82, 2.24) is 20.5 Å². The third kappa shape index (κ3) is 3.60. The average Bonchev–Trinajstić information content (AvgIpc) is 2.82. The zero-order valence-corrected chi connectivity index (χ0v) is 11.1. The number of H-pyrrole nitrogens is 1. The topological polar surface area (TPSA) is 131 Å². The van der Waals surface area contributed by atoms with Gasteiger partial charge < -0.3 is 11.1 Å². The number of thioether (sulfide) groups is 1. The summed E-state index contributed by atoms with van der Waals surface area (Å²) in [7, 11) is -2.97. The second-order valence-electron chi connectivity index (χ2n) is 3.96. The normalized spacial score (nSPS) is 21.9. The van der Waals surface area contributed by atoms with Crippen LogP contribution in [0.5, 0.6) is 0 Å². The maximum atomic E-state index is 11.6. The van der Waals surface area contributed by atoms with E-state index in [0.717, 1.165) is 11.8 Å². The Bertz CT molecular complexity index is 541. The standard InChI is InChI=1S/C8H13N5O3S2/c9-7-11-8(13-12-7)17-3-6(14)10-5-1-2-18(15,16)4-5/h5H,1-4H2,(H,10,14)(H3,9,11,12,13)/t5-/m1/s1. The second-order valence-corrected chi connectivity index (χ2v) is 7.13. The molecular formula is C8H13N5O3S2. The van der Waals surface area contributed by atoms with Gasteiger partial charge in [0, 0.05) is 6.04 Å². The Balaban J connectivity index is 1.76. The van der Waals surface area contributed by atoms with E-state index < -0.39 is 9.84 Å². The summed E-state index contributed by atoms with van der Waals surface area (Å²) in [5, 5.41) is 9.30. The fourth-order valence-electron chi connectivity index (χ4n) is 1.63. The van der Waals surface area contributed by atoms with Gasteiger partial charge in [0.05, 0.1) is 17.3 Å². The Kier molecular flexibility index (Phi) is 3.76. The zero-order valence-electron chi connectivity index (χ0n) is 9.42. The minimum Gasteiger partial charge on any atom is -0.368 e. The SMILES string of the molecule is Nc1nc(SCC(=O)N[C@@H]2CCS(=O)(=O)C2)n[nH]1. The van der Waals surface area contributed by atoms with Crippen LogP contribution in [0.1, 0.15) is 6.42 Å². The fourth-order valence-corrected chi connectivity index (χ4v) is 3.92. The lowest BCUT2D eigenvalue weighted by molar-refractivity contribution is -0.119. The lowest BCUT2D eigenvalue weighted by Gasteiger charge is -2.09. The number of nitrogens with two attached hydrogens (primary N) is 1. The molecular weight excluding hydrogens is 278 g/mol. The van der Waals surface area contributed by atoms with Crippen LogP contribution in [-0.4, -0.2) is 52.8 Å². The van der Waals surface area contributed by atoms with E-state index >= 15 is 0 Å². The molecule has 1 aromatic heterocycles. The van der Waals surface area contributed by atoms with Gasteiger partial charge in [-0.25, -0.2) is 13.5 Å². The molecule has 1 aliphatic rings. The summed E-state index contributed by atoms with van der Waals surface area (Å²) in [6, 6.07) is -0.277. The van der Waals surface area contributed by atoms with E-state index in [1.54, 1.807) is 0 Å². The number of aromatic amines is 1. The molecule has 0 saturated carbocycles. The molecule has 1 amide bonds. The number of anilines is 1. The maximum Gasteiger partial charge on any atom is 0.230 e. The Morgan fingerprint density at radius 3 is 2.94 bits per heavy atom. The predicted octanol–water partition coefficient (Wildman–Crippen LogP) is -1.22. The predicted molar refractivity (Wildman–Crippen MR) is 66.7 cm³/mol. The summed E-state index contributed by atoms with van der Waals surface area (Å²) < 4.78 is 22.4. The van der Waals surface area contributed by atoms with Crippen molar-refractivity contribution >= 4 is 33.5 Å². The number of carbonyl (C=O) groups excluding carboxylic acids is 1. The van der Waals surface area contributed by atoms with E-state index in [-0.39, 0.29) is 35.2 Å². The first kappa shape index (κ1) is 13.1. The molecule has 2 heterocycles. The van der Waals surface area contributed by atoms with Gasteiger partial charge in [-0.15, -0.1) is 5.10 Å². The lowest BCUT2D eigenvalue weighted by atomic mass is 10.3. The molecule has 18 heavy (non-hydrogen) atoms. The number of amides is 1. The van der Waals surface area contributed by atoms with Gasteiger partial charge in [-0.1, -0.05) is 11.8 Å². The molecule has 1 aliphatic heterocycles. The number of nitrogen functional groups attached to an aromatic ring is 1. The summed E-state index contributed by atoms with van der Waals surface area (Å²) in [5.41, 5.74) is 5.34. The van der Waals surface area contributed by atoms with Gasteiger partial charge in [0.1, 0.15) is 0 Å². The van der Waals surface area contributed by atoms with E-state index in [9.17, 15) is 13.2 Å². The largest absolute Gasteiger partial charge is 0.368 e. The third-order valence-corrected chi connectivity index (χ3v) is 5.03. The van der Waals surface area contributed by atoms with Crippen LogP contribution < -0.4 is 11.1 Å². The molecule has 0 bridgehead atoms.